The standard InChI is InChI=1S/C14H16N2O3S/c1-14(2,3)11-9(13(18)19-4)8-16(15-11)12(17)10-6-5-7-20-10/h5-8H,1-4H3. The average molecular weight is 292 g/mol. The van der Waals surface area contributed by atoms with Gasteiger partial charge in [-0.2, -0.15) is 5.10 Å². The van der Waals surface area contributed by atoms with Gasteiger partial charge in [0.1, 0.15) is 5.56 Å². The molecule has 0 N–H and O–H groups in total. The van der Waals surface area contributed by atoms with Gasteiger partial charge in [-0.15, -0.1) is 11.3 Å². The number of thiophene rings is 1. The van der Waals surface area contributed by atoms with Crippen LogP contribution in [-0.2, 0) is 10.2 Å². The molecule has 0 saturated heterocycles. The summed E-state index contributed by atoms with van der Waals surface area (Å²) in [6, 6.07) is 3.52. The molecule has 5 nitrogen and oxygen atoms in total. The van der Waals surface area contributed by atoms with E-state index in [4.69, 9.17) is 4.74 Å². The summed E-state index contributed by atoms with van der Waals surface area (Å²) in [6.45, 7) is 5.80. The monoisotopic (exact) mass is 292 g/mol. The number of rotatable bonds is 2. The molecule has 0 fully saturated rings. The maximum absolute atomic E-state index is 12.3. The van der Waals surface area contributed by atoms with Gasteiger partial charge in [-0.3, -0.25) is 4.79 Å². The zero-order valence-corrected chi connectivity index (χ0v) is 12.7. The van der Waals surface area contributed by atoms with E-state index in [1.807, 2.05) is 26.2 Å². The van der Waals surface area contributed by atoms with Crippen molar-refractivity contribution in [2.45, 2.75) is 26.2 Å². The van der Waals surface area contributed by atoms with Gasteiger partial charge in [0.05, 0.1) is 17.7 Å². The molecule has 0 spiro atoms. The van der Waals surface area contributed by atoms with Crippen molar-refractivity contribution in [3.63, 3.8) is 0 Å². The minimum absolute atomic E-state index is 0.249. The molecule has 2 heterocycles. The summed E-state index contributed by atoms with van der Waals surface area (Å²) in [5.74, 6) is -0.735. The van der Waals surface area contributed by atoms with E-state index in [1.54, 1.807) is 12.1 Å². The molecule has 0 radical (unpaired) electrons. The number of hydrogen-bond donors (Lipinski definition) is 0. The van der Waals surface area contributed by atoms with Crippen LogP contribution in [0.15, 0.2) is 23.7 Å². The van der Waals surface area contributed by atoms with Crippen LogP contribution in [0.5, 0.6) is 0 Å². The highest BCUT2D eigenvalue weighted by molar-refractivity contribution is 7.12. The summed E-state index contributed by atoms with van der Waals surface area (Å²) in [5.41, 5.74) is 0.518. The van der Waals surface area contributed by atoms with Crippen LogP contribution in [0.25, 0.3) is 0 Å². The Morgan fingerprint density at radius 2 is 2.05 bits per heavy atom. The van der Waals surface area contributed by atoms with Gasteiger partial charge in [-0.05, 0) is 11.4 Å². The van der Waals surface area contributed by atoms with Gasteiger partial charge in [0, 0.05) is 11.6 Å². The van der Waals surface area contributed by atoms with Crippen molar-refractivity contribution in [2.75, 3.05) is 7.11 Å². The number of ether oxygens (including phenoxy) is 1. The highest BCUT2D eigenvalue weighted by Gasteiger charge is 2.28. The highest BCUT2D eigenvalue weighted by Crippen LogP contribution is 2.25. The molecule has 0 atom stereocenters. The zero-order chi connectivity index (χ0) is 14.9. The van der Waals surface area contributed by atoms with Crippen molar-refractivity contribution < 1.29 is 14.3 Å². The van der Waals surface area contributed by atoms with E-state index in [9.17, 15) is 9.59 Å². The van der Waals surface area contributed by atoms with E-state index in [1.165, 1.54) is 29.3 Å². The fourth-order valence-corrected chi connectivity index (χ4v) is 2.46. The highest BCUT2D eigenvalue weighted by atomic mass is 32.1. The van der Waals surface area contributed by atoms with Crippen LogP contribution in [0.4, 0.5) is 0 Å². The van der Waals surface area contributed by atoms with Crippen LogP contribution in [-0.4, -0.2) is 28.8 Å². The first-order chi connectivity index (χ1) is 9.34. The number of esters is 1. The molecule has 2 rings (SSSR count). The van der Waals surface area contributed by atoms with E-state index < -0.39 is 5.97 Å². The van der Waals surface area contributed by atoms with Crippen molar-refractivity contribution in [3.8, 4) is 0 Å². The zero-order valence-electron chi connectivity index (χ0n) is 11.8. The Labute approximate surface area is 121 Å². The molecule has 0 amide bonds. The Kier molecular flexibility index (Phi) is 3.76. The molecule has 0 aliphatic rings. The Bertz CT molecular complexity index is 636. The second kappa shape index (κ2) is 5.20. The van der Waals surface area contributed by atoms with E-state index in [2.05, 4.69) is 5.10 Å². The molecule has 0 saturated carbocycles. The molecule has 0 aliphatic carbocycles. The molecule has 20 heavy (non-hydrogen) atoms. The Hall–Kier alpha value is -1.95. The molecule has 0 bridgehead atoms. The molecule has 0 unspecified atom stereocenters. The lowest BCUT2D eigenvalue weighted by Gasteiger charge is -2.16. The topological polar surface area (TPSA) is 61.2 Å². The minimum Gasteiger partial charge on any atom is -0.465 e. The van der Waals surface area contributed by atoms with E-state index >= 15 is 0 Å². The number of methoxy groups -OCH3 is 1. The lowest BCUT2D eigenvalue weighted by Crippen LogP contribution is -2.18. The van der Waals surface area contributed by atoms with Crippen molar-refractivity contribution in [1.82, 2.24) is 9.78 Å². The lowest BCUT2D eigenvalue weighted by molar-refractivity contribution is 0.0598. The number of carbonyl (C=O) groups excluding carboxylic acids is 2. The smallest absolute Gasteiger partial charge is 0.341 e. The maximum atomic E-state index is 12.3. The first kappa shape index (κ1) is 14.5. The number of aromatic nitrogens is 2. The van der Waals surface area contributed by atoms with E-state index in [0.717, 1.165) is 0 Å². The molecule has 0 aromatic carbocycles. The van der Waals surface area contributed by atoms with Crippen LogP contribution >= 0.6 is 11.3 Å². The third kappa shape index (κ3) is 2.65. The first-order valence-corrected chi connectivity index (χ1v) is 6.99. The van der Waals surface area contributed by atoms with Gasteiger partial charge >= 0.3 is 5.97 Å². The maximum Gasteiger partial charge on any atom is 0.341 e. The summed E-state index contributed by atoms with van der Waals surface area (Å²) in [6.07, 6.45) is 1.44. The second-order valence-corrected chi connectivity index (χ2v) is 6.31. The molecular weight excluding hydrogens is 276 g/mol. The molecule has 2 aromatic rings. The van der Waals surface area contributed by atoms with Crippen LogP contribution in [0.3, 0.4) is 0 Å². The summed E-state index contributed by atoms with van der Waals surface area (Å²) in [7, 11) is 1.31. The Morgan fingerprint density at radius 3 is 2.55 bits per heavy atom. The summed E-state index contributed by atoms with van der Waals surface area (Å²) in [5, 5.41) is 6.10. The van der Waals surface area contributed by atoms with Gasteiger partial charge in [0.15, 0.2) is 0 Å². The number of carbonyl (C=O) groups is 2. The van der Waals surface area contributed by atoms with Crippen LogP contribution in [0.2, 0.25) is 0 Å². The first-order valence-electron chi connectivity index (χ1n) is 6.11. The number of nitrogens with zero attached hydrogens (tertiary/aromatic N) is 2. The van der Waals surface area contributed by atoms with Gasteiger partial charge in [0.2, 0.25) is 0 Å². The van der Waals surface area contributed by atoms with Gasteiger partial charge in [0.25, 0.3) is 5.91 Å². The molecule has 6 heteroatoms. The third-order valence-electron chi connectivity index (χ3n) is 2.77. The SMILES string of the molecule is COC(=O)c1cn(C(=O)c2cccs2)nc1C(C)(C)C. The predicted octanol–water partition coefficient (Wildman–Crippen LogP) is 2.72. The van der Waals surface area contributed by atoms with E-state index in [-0.39, 0.29) is 11.3 Å². The molecule has 0 aliphatic heterocycles. The van der Waals surface area contributed by atoms with Crippen LogP contribution in [0.1, 0.15) is 46.5 Å². The Morgan fingerprint density at radius 1 is 1.35 bits per heavy atom. The van der Waals surface area contributed by atoms with Gasteiger partial charge < -0.3 is 4.74 Å². The predicted molar refractivity (Wildman–Crippen MR) is 76.3 cm³/mol. The van der Waals surface area contributed by atoms with Gasteiger partial charge in [-0.1, -0.05) is 26.8 Å². The number of hydrogen-bond acceptors (Lipinski definition) is 5. The molecule has 2 aromatic heterocycles. The Balaban J connectivity index is 2.49. The molecular formula is C14H16N2O3S. The van der Waals surface area contributed by atoms with Crippen molar-refractivity contribution in [3.05, 3.63) is 39.8 Å². The minimum atomic E-state index is -0.486. The fourth-order valence-electron chi connectivity index (χ4n) is 1.80. The summed E-state index contributed by atoms with van der Waals surface area (Å²) in [4.78, 5) is 24.7. The largest absolute Gasteiger partial charge is 0.465 e. The summed E-state index contributed by atoms with van der Waals surface area (Å²) < 4.78 is 5.96. The fraction of sp³-hybridized carbons (Fsp3) is 0.357. The summed E-state index contributed by atoms with van der Waals surface area (Å²) >= 11 is 1.34. The second-order valence-electron chi connectivity index (χ2n) is 5.36. The van der Waals surface area contributed by atoms with Crippen molar-refractivity contribution >= 4 is 23.2 Å². The van der Waals surface area contributed by atoms with E-state index in [0.29, 0.717) is 16.1 Å². The average Bonchev–Trinajstić information content (AvgIpc) is 3.05. The van der Waals surface area contributed by atoms with Crippen molar-refractivity contribution in [2.24, 2.45) is 0 Å². The van der Waals surface area contributed by atoms with Crippen LogP contribution < -0.4 is 0 Å². The van der Waals surface area contributed by atoms with Crippen LogP contribution in [0, 0.1) is 0 Å². The molecule has 106 valence electrons. The third-order valence-corrected chi connectivity index (χ3v) is 3.63. The van der Waals surface area contributed by atoms with Gasteiger partial charge in [-0.25, -0.2) is 9.48 Å². The van der Waals surface area contributed by atoms with Crippen molar-refractivity contribution in [1.29, 1.82) is 0 Å². The normalized spacial score (nSPS) is 11.4. The lowest BCUT2D eigenvalue weighted by atomic mass is 9.90. The quantitative estimate of drug-likeness (QED) is 0.798.